The molecule has 50 heavy (non-hydrogen) atoms. The lowest BCUT2D eigenvalue weighted by molar-refractivity contribution is -0.164. The van der Waals surface area contributed by atoms with E-state index in [1.807, 2.05) is 23.5 Å². The maximum absolute atomic E-state index is 13.4. The first kappa shape index (κ1) is 39.0. The number of pyridine rings is 1. The molecule has 16 heteroatoms. The van der Waals surface area contributed by atoms with Crippen molar-refractivity contribution in [1.29, 1.82) is 0 Å². The number of hydrogen-bond acceptors (Lipinski definition) is 12. The second-order valence-electron chi connectivity index (χ2n) is 13.0. The van der Waals surface area contributed by atoms with Crippen LogP contribution in [0.4, 0.5) is 0 Å². The number of esters is 1. The van der Waals surface area contributed by atoms with Crippen LogP contribution >= 0.6 is 11.8 Å². The van der Waals surface area contributed by atoms with Gasteiger partial charge in [0.25, 0.3) is 0 Å². The van der Waals surface area contributed by atoms with Crippen molar-refractivity contribution in [3.63, 3.8) is 0 Å². The molecule has 1 aromatic heterocycles. The van der Waals surface area contributed by atoms with Gasteiger partial charge in [-0.15, -0.1) is 11.8 Å². The minimum absolute atomic E-state index is 0.0646. The van der Waals surface area contributed by atoms with E-state index in [4.69, 9.17) is 4.74 Å². The number of fused-ring (bicyclic) bond motifs is 1. The molecular formula is C34H47N5O10S. The predicted molar refractivity (Wildman–Crippen MR) is 182 cm³/mol. The number of thioether (sulfide) groups is 1. The standard InChI is InChI=1S/C34H47N5O10S/c1-3-33(11-4-5-12-33)27(26-22-7-6-21(17-23(22)31(45)49-26)16-20-9-14-36-15-10-20)50-18-24(28(41)39-29(42)30(43)44)38-25(40)8-13-34(48,32(46)47)37-19-35-2/h9-10,14-15,17,23-24,27,29,35,37,42,48H,3-8,11-13,16,18-19H2,1-2H3,(H,38,40)(H,39,41)(H,43,44)(H,46,47). The van der Waals surface area contributed by atoms with E-state index in [2.05, 4.69) is 27.9 Å². The van der Waals surface area contributed by atoms with Gasteiger partial charge < -0.3 is 41.1 Å². The fourth-order valence-corrected chi connectivity index (χ4v) is 8.60. The zero-order chi connectivity index (χ0) is 36.5. The third-order valence-electron chi connectivity index (χ3n) is 9.77. The molecule has 4 rings (SSSR count). The fraction of sp³-hybridized carbons (Fsp3) is 0.588. The van der Waals surface area contributed by atoms with Crippen LogP contribution in [0, 0.1) is 11.3 Å². The minimum Gasteiger partial charge on any atom is -0.478 e. The van der Waals surface area contributed by atoms with Gasteiger partial charge in [-0.1, -0.05) is 31.4 Å². The summed E-state index contributed by atoms with van der Waals surface area (Å²) in [7, 11) is 1.53. The highest BCUT2D eigenvalue weighted by atomic mass is 32.2. The fourth-order valence-electron chi connectivity index (χ4n) is 6.88. The molecule has 2 amide bonds. The Balaban J connectivity index is 1.58. The van der Waals surface area contributed by atoms with Crippen LogP contribution in [0.5, 0.6) is 0 Å². The number of aromatic nitrogens is 1. The lowest BCUT2D eigenvalue weighted by atomic mass is 9.76. The van der Waals surface area contributed by atoms with Gasteiger partial charge in [0.2, 0.25) is 23.8 Å². The molecule has 0 bridgehead atoms. The molecule has 15 nitrogen and oxygen atoms in total. The summed E-state index contributed by atoms with van der Waals surface area (Å²) in [6.07, 6.45) is 8.66. The van der Waals surface area contributed by atoms with E-state index in [0.29, 0.717) is 18.6 Å². The second kappa shape index (κ2) is 17.4. The summed E-state index contributed by atoms with van der Waals surface area (Å²) >= 11 is 1.32. The van der Waals surface area contributed by atoms with Crippen LogP contribution in [0.2, 0.25) is 0 Å². The number of ether oxygens (including phenoxy) is 1. The molecular weight excluding hydrogens is 670 g/mol. The Morgan fingerprint density at radius 3 is 2.44 bits per heavy atom. The highest BCUT2D eigenvalue weighted by Gasteiger charge is 2.49. The average molecular weight is 718 g/mol. The summed E-state index contributed by atoms with van der Waals surface area (Å²) in [6, 6.07) is 2.52. The number of aliphatic hydroxyl groups excluding tert-OH is 1. The molecule has 0 aromatic carbocycles. The van der Waals surface area contributed by atoms with E-state index in [1.165, 1.54) is 18.8 Å². The van der Waals surface area contributed by atoms with Gasteiger partial charge >= 0.3 is 17.9 Å². The first-order valence-corrected chi connectivity index (χ1v) is 17.9. The number of rotatable bonds is 19. The van der Waals surface area contributed by atoms with Crippen molar-refractivity contribution in [2.75, 3.05) is 19.5 Å². The van der Waals surface area contributed by atoms with Gasteiger partial charge in [-0.25, -0.2) is 9.59 Å². The van der Waals surface area contributed by atoms with Crippen molar-refractivity contribution in [3.05, 3.63) is 53.1 Å². The molecule has 1 aromatic rings. The summed E-state index contributed by atoms with van der Waals surface area (Å²) in [4.78, 5) is 66.8. The maximum Gasteiger partial charge on any atom is 0.353 e. The number of carbonyl (C=O) groups is 5. The first-order valence-electron chi connectivity index (χ1n) is 16.8. The smallest absolute Gasteiger partial charge is 0.353 e. The van der Waals surface area contributed by atoms with Crippen LogP contribution in [0.3, 0.4) is 0 Å². The SMILES string of the molecule is CCC1(C(SCC(NC(=O)CCC(O)(NCNC)C(=O)O)C(=O)NC(O)C(=O)O)C2=C3CCC(Cc4ccncc4)=CC3C(=O)O2)CCCC1. The Morgan fingerprint density at radius 2 is 1.82 bits per heavy atom. The molecule has 0 radical (unpaired) electrons. The van der Waals surface area contributed by atoms with E-state index in [9.17, 15) is 44.4 Å². The van der Waals surface area contributed by atoms with E-state index in [-0.39, 0.29) is 29.1 Å². The van der Waals surface area contributed by atoms with E-state index in [0.717, 1.165) is 55.2 Å². The van der Waals surface area contributed by atoms with Crippen molar-refractivity contribution in [3.8, 4) is 0 Å². The number of cyclic esters (lactones) is 1. The van der Waals surface area contributed by atoms with Crippen LogP contribution in [0.1, 0.15) is 70.3 Å². The normalized spacial score (nSPS) is 21.2. The summed E-state index contributed by atoms with van der Waals surface area (Å²) < 4.78 is 6.07. The van der Waals surface area contributed by atoms with Crippen molar-refractivity contribution in [2.24, 2.45) is 11.3 Å². The molecule has 1 aliphatic heterocycles. The summed E-state index contributed by atoms with van der Waals surface area (Å²) in [5, 5.41) is 48.3. The number of hydrogen-bond donors (Lipinski definition) is 8. The maximum atomic E-state index is 13.4. The zero-order valence-electron chi connectivity index (χ0n) is 28.3. The highest BCUT2D eigenvalue weighted by Crippen LogP contribution is 2.54. The Morgan fingerprint density at radius 1 is 1.12 bits per heavy atom. The van der Waals surface area contributed by atoms with Gasteiger partial charge in [-0.3, -0.25) is 24.7 Å². The Hall–Kier alpha value is -3.83. The van der Waals surface area contributed by atoms with E-state index < -0.39 is 60.5 Å². The lowest BCUT2D eigenvalue weighted by Gasteiger charge is -2.38. The molecule has 0 saturated heterocycles. The molecule has 2 heterocycles. The predicted octanol–water partition coefficient (Wildman–Crippen LogP) is 1.17. The van der Waals surface area contributed by atoms with Crippen molar-refractivity contribution in [1.82, 2.24) is 26.3 Å². The van der Waals surface area contributed by atoms with E-state index >= 15 is 0 Å². The van der Waals surface area contributed by atoms with Crippen molar-refractivity contribution < 1.29 is 49.1 Å². The number of aliphatic carboxylic acids is 2. The summed E-state index contributed by atoms with van der Waals surface area (Å²) in [5.41, 5.74) is 0.420. The molecule has 1 saturated carbocycles. The number of carboxylic acid groups (broad SMARTS) is 2. The molecule has 8 N–H and O–H groups in total. The van der Waals surface area contributed by atoms with Crippen LogP contribution < -0.4 is 21.3 Å². The van der Waals surface area contributed by atoms with Crippen LogP contribution in [0.15, 0.2) is 47.5 Å². The molecule has 5 unspecified atom stereocenters. The quantitative estimate of drug-likeness (QED) is 0.0570. The van der Waals surface area contributed by atoms with Crippen molar-refractivity contribution in [2.45, 2.75) is 94.4 Å². The van der Waals surface area contributed by atoms with Gasteiger partial charge in [0, 0.05) is 37.7 Å². The lowest BCUT2D eigenvalue weighted by Crippen LogP contribution is -2.56. The number of nitrogens with zero attached hydrogens (tertiary/aromatic N) is 1. The second-order valence-corrected chi connectivity index (χ2v) is 14.2. The third kappa shape index (κ3) is 9.48. The van der Waals surface area contributed by atoms with Gasteiger partial charge in [-0.05, 0) is 74.3 Å². The van der Waals surface area contributed by atoms with Gasteiger partial charge in [0.1, 0.15) is 17.7 Å². The van der Waals surface area contributed by atoms with Gasteiger partial charge in [-0.2, -0.15) is 0 Å². The Kier molecular flexibility index (Phi) is 13.6. The number of carboxylic acids is 2. The molecule has 1 fully saturated rings. The average Bonchev–Trinajstić information content (AvgIpc) is 3.71. The third-order valence-corrected chi connectivity index (χ3v) is 11.3. The number of amides is 2. The zero-order valence-corrected chi connectivity index (χ0v) is 29.1. The Bertz CT molecular complexity index is 1480. The summed E-state index contributed by atoms with van der Waals surface area (Å²) in [5.74, 6) is -5.44. The highest BCUT2D eigenvalue weighted by molar-refractivity contribution is 8.00. The monoisotopic (exact) mass is 717 g/mol. The minimum atomic E-state index is -2.43. The summed E-state index contributed by atoms with van der Waals surface area (Å²) in [6.45, 7) is 2.01. The van der Waals surface area contributed by atoms with Crippen LogP contribution in [-0.2, 0) is 35.1 Å². The van der Waals surface area contributed by atoms with Crippen LogP contribution in [0.25, 0.3) is 0 Å². The first-order chi connectivity index (χ1) is 23.8. The number of aliphatic hydroxyl groups is 2. The largest absolute Gasteiger partial charge is 0.478 e. The van der Waals surface area contributed by atoms with Gasteiger partial charge in [0.15, 0.2) is 0 Å². The van der Waals surface area contributed by atoms with E-state index in [1.54, 1.807) is 12.4 Å². The van der Waals surface area contributed by atoms with Crippen LogP contribution in [-0.4, -0.2) is 97.8 Å². The number of allylic oxidation sites excluding steroid dienone is 1. The molecule has 274 valence electrons. The molecule has 5 atom stereocenters. The Labute approximate surface area is 294 Å². The van der Waals surface area contributed by atoms with Gasteiger partial charge in [0.05, 0.1) is 5.25 Å². The molecule has 3 aliphatic rings. The molecule has 2 aliphatic carbocycles. The van der Waals surface area contributed by atoms with Crippen molar-refractivity contribution >= 4 is 41.5 Å². The number of nitrogens with one attached hydrogen (secondary N) is 4. The topological polar surface area (TPSA) is 237 Å². The number of carbonyl (C=O) groups excluding carboxylic acids is 3. The molecule has 0 spiro atoms.